The van der Waals surface area contributed by atoms with Crippen LogP contribution in [0.25, 0.3) is 0 Å². The van der Waals surface area contributed by atoms with Gasteiger partial charge in [0.05, 0.1) is 25.5 Å². The van der Waals surface area contributed by atoms with E-state index in [1.54, 1.807) is 16.7 Å². The molecule has 16 heteroatoms. The Hall–Kier alpha value is 0.546. The molecule has 0 aliphatic carbocycles. The minimum Gasteiger partial charge on any atom is -0.756 e. The zero-order valence-corrected chi connectivity index (χ0v) is 35.4. The maximum atomic E-state index is 13.8. The molecule has 1 aliphatic heterocycles. The number of aromatic amines is 1. The zero-order chi connectivity index (χ0) is 35.9. The predicted octanol–water partition coefficient (Wildman–Crippen LogP) is 2.98. The van der Waals surface area contributed by atoms with Gasteiger partial charge in [-0.3, -0.25) is 18.9 Å². The number of phosphoric ester groups is 1. The number of rotatable bonds is 30. The summed E-state index contributed by atoms with van der Waals surface area (Å²) >= 11 is 1.71. The van der Waals surface area contributed by atoms with Gasteiger partial charge in [0.15, 0.2) is 6.23 Å². The van der Waals surface area contributed by atoms with Crippen molar-refractivity contribution in [2.24, 2.45) is 0 Å². The van der Waals surface area contributed by atoms with Gasteiger partial charge in [-0.1, -0.05) is 117 Å². The number of halogens is 1. The number of hydrogen-bond donors (Lipinski definition) is 3. The van der Waals surface area contributed by atoms with Crippen molar-refractivity contribution < 1.29 is 94.0 Å². The maximum absolute atomic E-state index is 13.8. The van der Waals surface area contributed by atoms with Crippen molar-refractivity contribution in [1.82, 2.24) is 9.55 Å². The molecule has 2 rings (SSSR count). The quantitative estimate of drug-likeness (QED) is 0.0596. The summed E-state index contributed by atoms with van der Waals surface area (Å²) in [5.74, 6) is 0.211. The van der Waals surface area contributed by atoms with E-state index in [1.807, 2.05) is 0 Å². The van der Waals surface area contributed by atoms with E-state index in [-0.39, 0.29) is 58.0 Å². The average molecular weight is 779 g/mol. The Morgan fingerprint density at radius 3 is 2.02 bits per heavy atom. The minimum atomic E-state index is -4.88. The van der Waals surface area contributed by atoms with Gasteiger partial charge in [-0.2, -0.15) is 16.2 Å². The van der Waals surface area contributed by atoms with E-state index in [0.717, 1.165) is 31.4 Å². The summed E-state index contributed by atoms with van der Waals surface area (Å²) in [5.41, 5.74) is -2.33. The van der Waals surface area contributed by atoms with Gasteiger partial charge >= 0.3 is 57.1 Å². The van der Waals surface area contributed by atoms with Gasteiger partial charge in [0.25, 0.3) is 13.4 Å². The van der Waals surface area contributed by atoms with Crippen molar-refractivity contribution in [1.29, 1.82) is 0 Å². The molecule has 1 aromatic heterocycles. The monoisotopic (exact) mass is 778 g/mol. The SMILES string of the molecule is CCCCCCCCCCCCSCC(COP(=O)([O-])OC[C@H]1O[C@@H](n2cc(F)c(=O)[nH]c2=O)[C@H](O)[C@@H]1O)OCCCCCCCCCC.[K+]. The van der Waals surface area contributed by atoms with Crippen LogP contribution in [-0.2, 0) is 23.1 Å². The van der Waals surface area contributed by atoms with Gasteiger partial charge in [0.1, 0.15) is 18.3 Å². The molecule has 0 spiro atoms. The molecule has 2 heterocycles. The van der Waals surface area contributed by atoms with Crippen LogP contribution in [-0.4, -0.2) is 75.5 Å². The van der Waals surface area contributed by atoms with Crippen molar-refractivity contribution in [3.05, 3.63) is 32.9 Å². The van der Waals surface area contributed by atoms with Crippen LogP contribution in [0.4, 0.5) is 4.39 Å². The molecule has 286 valence electrons. The fourth-order valence-corrected chi connectivity index (χ4v) is 7.44. The van der Waals surface area contributed by atoms with Crippen LogP contribution >= 0.6 is 19.6 Å². The second-order valence-corrected chi connectivity index (χ2v) is 15.5. The second kappa shape index (κ2) is 28.9. The Labute approximate surface area is 344 Å². The van der Waals surface area contributed by atoms with E-state index >= 15 is 0 Å². The number of aliphatic hydroxyl groups is 2. The van der Waals surface area contributed by atoms with Crippen LogP contribution in [0.1, 0.15) is 136 Å². The molecule has 0 bridgehead atoms. The number of nitrogens with one attached hydrogen (secondary N) is 1. The first-order valence-corrected chi connectivity index (χ1v) is 21.0. The van der Waals surface area contributed by atoms with Crippen LogP contribution in [0.3, 0.4) is 0 Å². The number of hydrogen-bond acceptors (Lipinski definition) is 11. The average Bonchev–Trinajstić information content (AvgIpc) is 3.35. The largest absolute Gasteiger partial charge is 1.00 e. The van der Waals surface area contributed by atoms with Gasteiger partial charge < -0.3 is 33.6 Å². The maximum Gasteiger partial charge on any atom is 1.00 e. The summed E-state index contributed by atoms with van der Waals surface area (Å²) < 4.78 is 48.5. The van der Waals surface area contributed by atoms with E-state index < -0.39 is 62.1 Å². The smallest absolute Gasteiger partial charge is 0.756 e. The normalized spacial score (nSPS) is 20.8. The van der Waals surface area contributed by atoms with Gasteiger partial charge in [-0.25, -0.2) is 4.79 Å². The first-order valence-electron chi connectivity index (χ1n) is 18.4. The molecule has 12 nitrogen and oxygen atoms in total. The van der Waals surface area contributed by atoms with Crippen LogP contribution in [0.5, 0.6) is 0 Å². The van der Waals surface area contributed by atoms with Gasteiger partial charge in [-0.15, -0.1) is 0 Å². The number of aliphatic hydroxyl groups excluding tert-OH is 2. The molecule has 0 amide bonds. The molecule has 3 N–H and O–H groups in total. The van der Waals surface area contributed by atoms with Crippen LogP contribution in [0.15, 0.2) is 15.8 Å². The van der Waals surface area contributed by atoms with E-state index in [1.165, 1.54) is 89.9 Å². The molecule has 2 unspecified atom stereocenters. The molecule has 0 saturated carbocycles. The Morgan fingerprint density at radius 2 is 1.44 bits per heavy atom. The first kappa shape index (κ1) is 48.6. The molecule has 1 saturated heterocycles. The number of ether oxygens (including phenoxy) is 2. The number of aromatic nitrogens is 2. The van der Waals surface area contributed by atoms with Crippen molar-refractivity contribution in [3.8, 4) is 0 Å². The molecule has 1 aromatic rings. The van der Waals surface area contributed by atoms with Gasteiger partial charge in [0, 0.05) is 12.4 Å². The number of unbranched alkanes of at least 4 members (excludes halogenated alkanes) is 16. The summed E-state index contributed by atoms with van der Waals surface area (Å²) in [5, 5.41) is 20.7. The fraction of sp³-hybridized carbons (Fsp3) is 0.882. The van der Waals surface area contributed by atoms with Crippen molar-refractivity contribution >= 4 is 19.6 Å². The number of phosphoric acid groups is 1. The van der Waals surface area contributed by atoms with E-state index in [0.29, 0.717) is 23.1 Å². The third kappa shape index (κ3) is 20.3. The molecule has 6 atom stereocenters. The summed E-state index contributed by atoms with van der Waals surface area (Å²) in [6.07, 6.45) is 15.6. The molecule has 0 radical (unpaired) electrons. The van der Waals surface area contributed by atoms with E-state index in [2.05, 4.69) is 13.8 Å². The van der Waals surface area contributed by atoms with Crippen LogP contribution < -0.4 is 67.5 Å². The van der Waals surface area contributed by atoms with E-state index in [9.17, 15) is 33.7 Å². The molecular formula is C34H61FKN2O10PS. The Kier molecular flexibility index (Phi) is 28.1. The molecule has 50 heavy (non-hydrogen) atoms. The third-order valence-corrected chi connectivity index (χ3v) is 10.8. The number of H-pyrrole nitrogens is 1. The molecule has 1 fully saturated rings. The standard InChI is InChI=1S/C34H62FN2O10PS.K/c1-3-5-7-9-11-13-14-16-18-20-22-49-26-27(44-21-19-17-15-12-10-8-6-4-2)24-45-48(42,43)46-25-29-30(38)31(39)33(47-29)37-23-28(35)32(40)36-34(37)41;/h23,27,29-31,33,38-39H,3-22,24-26H2,1-2H3,(H,42,43)(H,36,40,41);/q;+1/p-1/t27?,29-,30-,31-,33-;/m1./s1. The Balaban J connectivity index is 0.0000125. The fourth-order valence-electron chi connectivity index (χ4n) is 5.66. The minimum absolute atomic E-state index is 0. The Bertz CT molecular complexity index is 1180. The molecule has 0 aromatic carbocycles. The Morgan fingerprint density at radius 1 is 0.900 bits per heavy atom. The number of nitrogens with zero attached hydrogens (tertiary/aromatic N) is 1. The van der Waals surface area contributed by atoms with Gasteiger partial charge in [0.2, 0.25) is 5.82 Å². The first-order chi connectivity index (χ1) is 23.6. The predicted molar refractivity (Wildman–Crippen MR) is 188 cm³/mol. The van der Waals surface area contributed by atoms with Crippen molar-refractivity contribution in [2.45, 2.75) is 160 Å². The summed E-state index contributed by atoms with van der Waals surface area (Å²) in [4.78, 5) is 37.8. The molecule has 1 aliphatic rings. The van der Waals surface area contributed by atoms with Crippen molar-refractivity contribution in [2.75, 3.05) is 31.3 Å². The zero-order valence-electron chi connectivity index (χ0n) is 30.6. The van der Waals surface area contributed by atoms with Gasteiger partial charge in [-0.05, 0) is 18.6 Å². The topological polar surface area (TPSA) is 172 Å². The number of thioether (sulfide) groups is 1. The summed E-state index contributed by atoms with van der Waals surface area (Å²) in [6.45, 7) is 3.96. The summed E-state index contributed by atoms with van der Waals surface area (Å²) in [7, 11) is -4.88. The van der Waals surface area contributed by atoms with E-state index in [4.69, 9.17) is 18.5 Å². The van der Waals surface area contributed by atoms with Crippen LogP contribution in [0.2, 0.25) is 0 Å². The van der Waals surface area contributed by atoms with Crippen LogP contribution in [0, 0.1) is 5.82 Å². The van der Waals surface area contributed by atoms with Crippen molar-refractivity contribution in [3.63, 3.8) is 0 Å². The third-order valence-electron chi connectivity index (χ3n) is 8.65. The second-order valence-electron chi connectivity index (χ2n) is 13.0. The summed E-state index contributed by atoms with van der Waals surface area (Å²) in [6, 6.07) is 0. The molecular weight excluding hydrogens is 718 g/mol.